The van der Waals surface area contributed by atoms with Crippen molar-refractivity contribution in [2.75, 3.05) is 6.54 Å². The number of benzene rings is 1. The first kappa shape index (κ1) is 37.0. The standard InChI is InChI=1S/C41H58N4O6/c1-38(2,3)50-36(47)42-23-11-13-32(44-37(48)51-39(4,5)6)35(46)49-27-19-21-40(7)26(24-27)15-16-28-29-17-18-34(41(29,8)22-20-30(28)40)45-25-43-31-12-9-10-14-33(31)45/h9-10,12,14-15,18,25,27-30,32H,11,13,16-17,19-24H2,1-8H3,(H,42,47)(H,44,48)/t27-,28?,29?,30?,32?,40-,41-/m0/s1. The molecule has 2 saturated carbocycles. The molecule has 2 aromatic rings. The first-order valence-electron chi connectivity index (χ1n) is 19.0. The van der Waals surface area contributed by atoms with Gasteiger partial charge in [0.2, 0.25) is 0 Å². The largest absolute Gasteiger partial charge is 0.461 e. The molecule has 4 unspecified atom stereocenters. The zero-order chi connectivity index (χ0) is 36.8. The average Bonchev–Trinajstić information content (AvgIpc) is 3.61. The summed E-state index contributed by atoms with van der Waals surface area (Å²) in [5.74, 6) is 1.32. The lowest BCUT2D eigenvalue weighted by molar-refractivity contribution is -0.154. The van der Waals surface area contributed by atoms with Crippen molar-refractivity contribution in [2.24, 2.45) is 28.6 Å². The first-order chi connectivity index (χ1) is 24.0. The number of nitrogens with zero attached hydrogens (tertiary/aromatic N) is 2. The summed E-state index contributed by atoms with van der Waals surface area (Å²) < 4.78 is 19.3. The minimum absolute atomic E-state index is 0.0824. The molecule has 10 heteroatoms. The van der Waals surface area contributed by atoms with E-state index in [0.717, 1.165) is 44.0 Å². The van der Waals surface area contributed by atoms with E-state index in [4.69, 9.17) is 19.2 Å². The van der Waals surface area contributed by atoms with Gasteiger partial charge in [0.15, 0.2) is 0 Å². The van der Waals surface area contributed by atoms with Gasteiger partial charge in [-0.3, -0.25) is 0 Å². The number of allylic oxidation sites excluding steroid dienone is 3. The van der Waals surface area contributed by atoms with Gasteiger partial charge in [0.05, 0.1) is 11.0 Å². The van der Waals surface area contributed by atoms with E-state index < -0.39 is 35.4 Å². The second-order valence-corrected chi connectivity index (χ2v) is 17.7. The van der Waals surface area contributed by atoms with Crippen molar-refractivity contribution in [3.05, 3.63) is 48.3 Å². The summed E-state index contributed by atoms with van der Waals surface area (Å²) in [6, 6.07) is 7.51. The van der Waals surface area contributed by atoms with Gasteiger partial charge in [-0.1, -0.05) is 43.7 Å². The molecule has 0 radical (unpaired) electrons. The lowest BCUT2D eigenvalue weighted by Gasteiger charge is -2.57. The summed E-state index contributed by atoms with van der Waals surface area (Å²) in [6.07, 6.45) is 13.2. The molecule has 0 bridgehead atoms. The van der Waals surface area contributed by atoms with Gasteiger partial charge in [0.25, 0.3) is 0 Å². The predicted molar refractivity (Wildman–Crippen MR) is 198 cm³/mol. The van der Waals surface area contributed by atoms with Crippen molar-refractivity contribution in [1.82, 2.24) is 20.2 Å². The minimum atomic E-state index is -0.897. The molecule has 51 heavy (non-hydrogen) atoms. The summed E-state index contributed by atoms with van der Waals surface area (Å²) in [5.41, 5.74) is 3.92. The molecule has 6 rings (SSSR count). The Morgan fingerprint density at radius 3 is 2.37 bits per heavy atom. The van der Waals surface area contributed by atoms with Gasteiger partial charge in [0, 0.05) is 24.1 Å². The van der Waals surface area contributed by atoms with E-state index >= 15 is 0 Å². The Bertz CT molecular complexity index is 1700. The minimum Gasteiger partial charge on any atom is -0.461 e. The van der Waals surface area contributed by atoms with Crippen LogP contribution in [0.3, 0.4) is 0 Å². The van der Waals surface area contributed by atoms with Crippen LogP contribution >= 0.6 is 0 Å². The monoisotopic (exact) mass is 702 g/mol. The Hall–Kier alpha value is -3.82. The Morgan fingerprint density at radius 2 is 1.63 bits per heavy atom. The maximum Gasteiger partial charge on any atom is 0.408 e. The fraction of sp³-hybridized carbons (Fsp3) is 0.659. The maximum absolute atomic E-state index is 13.6. The Labute approximate surface area is 303 Å². The smallest absolute Gasteiger partial charge is 0.408 e. The number of amides is 2. The average molecular weight is 703 g/mol. The number of fused-ring (bicyclic) bond motifs is 6. The lowest BCUT2D eigenvalue weighted by atomic mass is 9.47. The molecular weight excluding hydrogens is 644 g/mol. The van der Waals surface area contributed by atoms with E-state index in [2.05, 4.69) is 65.5 Å². The molecule has 4 aliphatic carbocycles. The van der Waals surface area contributed by atoms with Crippen molar-refractivity contribution in [1.29, 1.82) is 0 Å². The first-order valence-corrected chi connectivity index (χ1v) is 19.0. The highest BCUT2D eigenvalue weighted by Gasteiger charge is 2.57. The molecule has 0 aliphatic heterocycles. The second kappa shape index (κ2) is 14.0. The predicted octanol–water partition coefficient (Wildman–Crippen LogP) is 8.56. The number of hydrogen-bond donors (Lipinski definition) is 2. The summed E-state index contributed by atoms with van der Waals surface area (Å²) in [5, 5.41) is 5.46. The summed E-state index contributed by atoms with van der Waals surface area (Å²) >= 11 is 0. The van der Waals surface area contributed by atoms with Gasteiger partial charge in [0.1, 0.15) is 29.7 Å². The van der Waals surface area contributed by atoms with Crippen LogP contribution in [0.5, 0.6) is 0 Å². The van der Waals surface area contributed by atoms with Crippen molar-refractivity contribution >= 4 is 34.9 Å². The number of alkyl carbamates (subject to hydrolysis) is 2. The quantitative estimate of drug-likeness (QED) is 0.122. The summed E-state index contributed by atoms with van der Waals surface area (Å²) in [6.45, 7) is 16.0. The van der Waals surface area contributed by atoms with Gasteiger partial charge in [-0.15, -0.1) is 0 Å². The van der Waals surface area contributed by atoms with Crippen LogP contribution in [0.2, 0.25) is 0 Å². The molecule has 0 spiro atoms. The highest BCUT2D eigenvalue weighted by Crippen LogP contribution is 2.65. The Morgan fingerprint density at radius 1 is 0.922 bits per heavy atom. The maximum atomic E-state index is 13.6. The number of aromatic nitrogens is 2. The van der Waals surface area contributed by atoms with E-state index in [1.807, 2.05) is 6.33 Å². The van der Waals surface area contributed by atoms with Crippen molar-refractivity contribution in [2.45, 2.75) is 137 Å². The lowest BCUT2D eigenvalue weighted by Crippen LogP contribution is -2.51. The van der Waals surface area contributed by atoms with Crippen molar-refractivity contribution < 1.29 is 28.6 Å². The molecule has 2 fully saturated rings. The van der Waals surface area contributed by atoms with E-state index in [0.29, 0.717) is 30.7 Å². The van der Waals surface area contributed by atoms with Crippen LogP contribution in [0.4, 0.5) is 9.59 Å². The molecule has 7 atom stereocenters. The Balaban J connectivity index is 1.09. The van der Waals surface area contributed by atoms with Crippen molar-refractivity contribution in [3.8, 4) is 0 Å². The highest BCUT2D eigenvalue weighted by molar-refractivity contribution is 5.82. The number of carbonyl (C=O) groups excluding carboxylic acids is 3. The number of carbonyl (C=O) groups is 3. The van der Waals surface area contributed by atoms with Crippen LogP contribution in [0.15, 0.2) is 48.3 Å². The van der Waals surface area contributed by atoms with E-state index in [1.54, 1.807) is 41.5 Å². The number of para-hydroxylation sites is 2. The Kier molecular flexibility index (Phi) is 10.1. The second-order valence-electron chi connectivity index (χ2n) is 17.7. The molecule has 0 saturated heterocycles. The van der Waals surface area contributed by atoms with Gasteiger partial charge < -0.3 is 29.4 Å². The normalized spacial score (nSPS) is 29.4. The number of imidazole rings is 1. The van der Waals surface area contributed by atoms with Crippen LogP contribution in [0, 0.1) is 28.6 Å². The van der Waals surface area contributed by atoms with Gasteiger partial charge >= 0.3 is 18.2 Å². The number of rotatable bonds is 8. The third kappa shape index (κ3) is 7.85. The topological polar surface area (TPSA) is 121 Å². The van der Waals surface area contributed by atoms with Crippen LogP contribution in [0.25, 0.3) is 16.7 Å². The fourth-order valence-electron chi connectivity index (χ4n) is 9.55. The molecule has 2 amide bonds. The van der Waals surface area contributed by atoms with Gasteiger partial charge in [-0.05, 0) is 128 Å². The molecule has 2 N–H and O–H groups in total. The third-order valence-corrected chi connectivity index (χ3v) is 11.9. The number of ether oxygens (including phenoxy) is 3. The SMILES string of the molecule is CC(C)(C)OC(=O)NCCCC(NC(=O)OC(C)(C)C)C(=O)O[C@H]1CC[C@@]2(C)C(=CCC3C2CC[C@]2(C)C(n4cnc5ccccc54)=CCC32)C1. The zero-order valence-corrected chi connectivity index (χ0v) is 31.8. The number of esters is 1. The molecule has 10 nitrogen and oxygen atoms in total. The van der Waals surface area contributed by atoms with Crippen LogP contribution in [-0.2, 0) is 19.0 Å². The fourth-order valence-corrected chi connectivity index (χ4v) is 9.55. The van der Waals surface area contributed by atoms with Crippen LogP contribution in [-0.4, -0.2) is 57.6 Å². The van der Waals surface area contributed by atoms with Crippen molar-refractivity contribution in [3.63, 3.8) is 0 Å². The summed E-state index contributed by atoms with van der Waals surface area (Å²) in [4.78, 5) is 43.2. The highest BCUT2D eigenvalue weighted by atomic mass is 16.6. The van der Waals surface area contributed by atoms with E-state index in [9.17, 15) is 14.4 Å². The van der Waals surface area contributed by atoms with Crippen LogP contribution < -0.4 is 10.6 Å². The molecule has 4 aliphatic rings. The van der Waals surface area contributed by atoms with E-state index in [1.165, 1.54) is 23.2 Å². The van der Waals surface area contributed by atoms with Gasteiger partial charge in [-0.25, -0.2) is 19.4 Å². The number of hydrogen-bond acceptors (Lipinski definition) is 7. The molecule has 1 heterocycles. The number of nitrogens with one attached hydrogen (secondary N) is 2. The van der Waals surface area contributed by atoms with Crippen LogP contribution in [0.1, 0.15) is 113 Å². The van der Waals surface area contributed by atoms with Gasteiger partial charge in [-0.2, -0.15) is 0 Å². The molecular formula is C41H58N4O6. The molecule has 1 aromatic heterocycles. The molecule has 278 valence electrons. The third-order valence-electron chi connectivity index (χ3n) is 11.9. The molecule has 1 aromatic carbocycles. The van der Waals surface area contributed by atoms with E-state index in [-0.39, 0.29) is 23.4 Å². The summed E-state index contributed by atoms with van der Waals surface area (Å²) in [7, 11) is 0. The zero-order valence-electron chi connectivity index (χ0n) is 31.8.